The second-order valence-electron chi connectivity index (χ2n) is 6.79. The van der Waals surface area contributed by atoms with Gasteiger partial charge in [-0.25, -0.2) is 13.1 Å². The Morgan fingerprint density at radius 3 is 2.52 bits per heavy atom. The molecule has 0 amide bonds. The van der Waals surface area contributed by atoms with E-state index in [2.05, 4.69) is 4.72 Å². The van der Waals surface area contributed by atoms with Gasteiger partial charge in [0.15, 0.2) is 0 Å². The number of hydrogen-bond donors (Lipinski definition) is 1. The van der Waals surface area contributed by atoms with Crippen LogP contribution >= 0.6 is 0 Å². The molecule has 1 aromatic carbocycles. The van der Waals surface area contributed by atoms with Gasteiger partial charge in [-0.15, -0.1) is 0 Å². The SMILES string of the molecule is Cc1ccc(S(=O)(=O)NC[C@@H]2C(=O)C[C@]3(C)C=C[C@@]2(C)O3)cc1. The van der Waals surface area contributed by atoms with Crippen molar-refractivity contribution in [2.24, 2.45) is 5.92 Å². The molecule has 124 valence electrons. The number of ketones is 1. The minimum absolute atomic E-state index is 0.0258. The summed E-state index contributed by atoms with van der Waals surface area (Å²) in [5, 5.41) is 0. The highest BCUT2D eigenvalue weighted by Gasteiger charge is 2.52. The smallest absolute Gasteiger partial charge is 0.240 e. The Labute approximate surface area is 136 Å². The average molecular weight is 335 g/mol. The van der Waals surface area contributed by atoms with Crippen molar-refractivity contribution in [1.82, 2.24) is 4.72 Å². The molecule has 0 spiro atoms. The number of aryl methyl sites for hydroxylation is 1. The molecule has 2 aliphatic rings. The maximum atomic E-state index is 12.4. The predicted molar refractivity (Wildman–Crippen MR) is 86.5 cm³/mol. The number of Topliss-reactive ketones (excluding diaryl/α,β-unsaturated/α-hetero) is 1. The lowest BCUT2D eigenvalue weighted by Crippen LogP contribution is -2.53. The zero-order valence-electron chi connectivity index (χ0n) is 13.5. The number of sulfonamides is 1. The van der Waals surface area contributed by atoms with E-state index in [0.29, 0.717) is 0 Å². The van der Waals surface area contributed by atoms with Crippen LogP contribution in [0.2, 0.25) is 0 Å². The second-order valence-corrected chi connectivity index (χ2v) is 8.56. The van der Waals surface area contributed by atoms with Crippen molar-refractivity contribution in [3.05, 3.63) is 42.0 Å². The van der Waals surface area contributed by atoms with Crippen LogP contribution in [-0.2, 0) is 19.6 Å². The minimum Gasteiger partial charge on any atom is -0.360 e. The first-order valence-corrected chi connectivity index (χ1v) is 9.12. The average Bonchev–Trinajstić information content (AvgIpc) is 2.70. The lowest BCUT2D eigenvalue weighted by Gasteiger charge is -2.41. The van der Waals surface area contributed by atoms with E-state index in [1.807, 2.05) is 32.9 Å². The van der Waals surface area contributed by atoms with Gasteiger partial charge in [-0.3, -0.25) is 4.79 Å². The number of fused-ring (bicyclic) bond motifs is 2. The van der Waals surface area contributed by atoms with Crippen LogP contribution in [0.1, 0.15) is 25.8 Å². The summed E-state index contributed by atoms with van der Waals surface area (Å²) in [6.45, 7) is 5.63. The Morgan fingerprint density at radius 1 is 1.22 bits per heavy atom. The highest BCUT2D eigenvalue weighted by atomic mass is 32.2. The number of rotatable bonds is 4. The van der Waals surface area contributed by atoms with Crippen LogP contribution in [0.4, 0.5) is 0 Å². The van der Waals surface area contributed by atoms with Crippen LogP contribution in [0.25, 0.3) is 0 Å². The molecular weight excluding hydrogens is 314 g/mol. The van der Waals surface area contributed by atoms with Crippen molar-refractivity contribution in [2.45, 2.75) is 43.3 Å². The number of carbonyl (C=O) groups is 1. The molecule has 2 aliphatic heterocycles. The lowest BCUT2D eigenvalue weighted by molar-refractivity contribution is -0.162. The van der Waals surface area contributed by atoms with Crippen LogP contribution in [-0.4, -0.2) is 31.9 Å². The number of carbonyl (C=O) groups excluding carboxylic acids is 1. The largest absolute Gasteiger partial charge is 0.360 e. The molecule has 3 atom stereocenters. The molecule has 23 heavy (non-hydrogen) atoms. The van der Waals surface area contributed by atoms with E-state index in [1.165, 1.54) is 0 Å². The minimum atomic E-state index is -3.64. The molecule has 5 nitrogen and oxygen atoms in total. The van der Waals surface area contributed by atoms with Crippen LogP contribution in [0.15, 0.2) is 41.3 Å². The van der Waals surface area contributed by atoms with Crippen molar-refractivity contribution in [3.8, 4) is 0 Å². The van der Waals surface area contributed by atoms with Gasteiger partial charge < -0.3 is 4.74 Å². The van der Waals surface area contributed by atoms with Crippen molar-refractivity contribution >= 4 is 15.8 Å². The van der Waals surface area contributed by atoms with Crippen LogP contribution in [0.3, 0.4) is 0 Å². The summed E-state index contributed by atoms with van der Waals surface area (Å²) in [5.41, 5.74) is -0.319. The van der Waals surface area contributed by atoms with Crippen molar-refractivity contribution in [1.29, 1.82) is 0 Å². The molecule has 1 aromatic rings. The maximum Gasteiger partial charge on any atom is 0.240 e. The fourth-order valence-corrected chi connectivity index (χ4v) is 4.34. The fourth-order valence-electron chi connectivity index (χ4n) is 3.29. The van der Waals surface area contributed by atoms with Gasteiger partial charge in [0.2, 0.25) is 10.0 Å². The van der Waals surface area contributed by atoms with Crippen LogP contribution in [0.5, 0.6) is 0 Å². The third kappa shape index (κ3) is 2.98. The topological polar surface area (TPSA) is 72.5 Å². The van der Waals surface area contributed by atoms with Gasteiger partial charge in [-0.2, -0.15) is 0 Å². The molecule has 1 saturated heterocycles. The highest BCUT2D eigenvalue weighted by Crippen LogP contribution is 2.44. The van der Waals surface area contributed by atoms with Gasteiger partial charge in [0, 0.05) is 13.0 Å². The van der Waals surface area contributed by atoms with Gasteiger partial charge >= 0.3 is 0 Å². The number of hydrogen-bond acceptors (Lipinski definition) is 4. The molecule has 0 saturated carbocycles. The summed E-state index contributed by atoms with van der Waals surface area (Å²) >= 11 is 0. The molecule has 0 aromatic heterocycles. The van der Waals surface area contributed by atoms with Gasteiger partial charge in [-0.05, 0) is 32.9 Å². The predicted octanol–water partition coefficient (Wildman–Crippen LogP) is 1.97. The first-order valence-electron chi connectivity index (χ1n) is 7.63. The van der Waals surface area contributed by atoms with Crippen LogP contribution < -0.4 is 4.72 Å². The first kappa shape index (κ1) is 16.4. The highest BCUT2D eigenvalue weighted by molar-refractivity contribution is 7.89. The van der Waals surface area contributed by atoms with Gasteiger partial charge in [-0.1, -0.05) is 29.8 Å². The summed E-state index contributed by atoms with van der Waals surface area (Å²) in [6, 6.07) is 6.61. The van der Waals surface area contributed by atoms with Crippen molar-refractivity contribution < 1.29 is 17.9 Å². The number of ether oxygens (including phenoxy) is 1. The molecular formula is C17H21NO4S. The monoisotopic (exact) mass is 335 g/mol. The van der Waals surface area contributed by atoms with E-state index in [1.54, 1.807) is 24.3 Å². The summed E-state index contributed by atoms with van der Waals surface area (Å²) in [4.78, 5) is 12.6. The normalized spacial score (nSPS) is 33.2. The van der Waals surface area contributed by atoms with Crippen LogP contribution in [0, 0.1) is 12.8 Å². The van der Waals surface area contributed by atoms with E-state index in [4.69, 9.17) is 4.74 Å². The third-order valence-electron chi connectivity index (χ3n) is 4.63. The third-order valence-corrected chi connectivity index (χ3v) is 6.07. The Hall–Kier alpha value is -1.50. The Morgan fingerprint density at radius 2 is 1.87 bits per heavy atom. The summed E-state index contributed by atoms with van der Waals surface area (Å²) in [6.07, 6.45) is 4.05. The zero-order valence-corrected chi connectivity index (χ0v) is 14.3. The van der Waals surface area contributed by atoms with Crippen molar-refractivity contribution in [2.75, 3.05) is 6.54 Å². The molecule has 6 heteroatoms. The Kier molecular flexibility index (Phi) is 3.74. The van der Waals surface area contributed by atoms with E-state index < -0.39 is 27.1 Å². The number of nitrogens with one attached hydrogen (secondary N) is 1. The molecule has 2 heterocycles. The van der Waals surface area contributed by atoms with Crippen molar-refractivity contribution in [3.63, 3.8) is 0 Å². The molecule has 3 rings (SSSR count). The molecule has 1 fully saturated rings. The van der Waals surface area contributed by atoms with E-state index in [-0.39, 0.29) is 23.6 Å². The van der Waals surface area contributed by atoms with E-state index >= 15 is 0 Å². The van der Waals surface area contributed by atoms with Gasteiger partial charge in [0.1, 0.15) is 5.78 Å². The molecule has 0 unspecified atom stereocenters. The first-order chi connectivity index (χ1) is 10.6. The summed E-state index contributed by atoms with van der Waals surface area (Å²) in [5.74, 6) is -0.493. The Balaban J connectivity index is 1.76. The van der Waals surface area contributed by atoms with Gasteiger partial charge in [0.25, 0.3) is 0 Å². The van der Waals surface area contributed by atoms with E-state index in [0.717, 1.165) is 5.56 Å². The molecule has 0 radical (unpaired) electrons. The molecule has 1 N–H and O–H groups in total. The zero-order chi connectivity index (χ0) is 16.9. The standard InChI is InChI=1S/C17H21NO4S/c1-12-4-6-13(7-5-12)23(20,21)18-11-14-15(19)10-16(2)8-9-17(14,3)22-16/h4-9,14,18H,10-11H2,1-3H3/t14-,16+,17-/m1/s1. The summed E-state index contributed by atoms with van der Waals surface area (Å²) in [7, 11) is -3.64. The fraction of sp³-hybridized carbons (Fsp3) is 0.471. The van der Waals surface area contributed by atoms with E-state index in [9.17, 15) is 13.2 Å². The lowest BCUT2D eigenvalue weighted by atomic mass is 9.82. The Bertz CT molecular complexity index is 768. The van der Waals surface area contributed by atoms with Gasteiger partial charge in [0.05, 0.1) is 22.0 Å². The number of benzene rings is 1. The quantitative estimate of drug-likeness (QED) is 0.854. The summed E-state index contributed by atoms with van der Waals surface area (Å²) < 4.78 is 33.3. The molecule has 0 aliphatic carbocycles. The second kappa shape index (κ2) is 5.26. The molecule has 2 bridgehead atoms. The maximum absolute atomic E-state index is 12.4.